The Labute approximate surface area is 186 Å². The van der Waals surface area contributed by atoms with Gasteiger partial charge < -0.3 is 26.2 Å². The number of Topliss-reactive ketones (excluding diaryl/α,β-unsaturated/α-hetero) is 1. The minimum atomic E-state index is -2.23. The van der Waals surface area contributed by atoms with Crippen LogP contribution in [0, 0.1) is 22.7 Å². The van der Waals surface area contributed by atoms with E-state index in [0.717, 1.165) is 0 Å². The highest BCUT2D eigenvalue weighted by Gasteiger charge is 2.76. The molecule has 9 heteroatoms. The Morgan fingerprint density at radius 1 is 1.22 bits per heavy atom. The maximum atomic E-state index is 16.8. The molecule has 178 valence electrons. The van der Waals surface area contributed by atoms with E-state index in [1.807, 2.05) is 0 Å². The van der Waals surface area contributed by atoms with Crippen LogP contribution >= 0.6 is 0 Å². The van der Waals surface area contributed by atoms with E-state index in [2.05, 4.69) is 5.73 Å². The second-order valence-electron chi connectivity index (χ2n) is 9.97. The molecular weight excluding hydrogens is 421 g/mol. The van der Waals surface area contributed by atoms with E-state index < -0.39 is 58.5 Å². The molecule has 0 radical (unpaired) electrons. The Hall–Kier alpha value is -1.94. The predicted molar refractivity (Wildman–Crippen MR) is 112 cm³/mol. The lowest BCUT2D eigenvalue weighted by Crippen LogP contribution is -2.69. The lowest BCUT2D eigenvalue weighted by molar-refractivity contribution is -0.222. The number of ketones is 2. The van der Waals surface area contributed by atoms with E-state index in [4.69, 9.17) is 0 Å². The summed E-state index contributed by atoms with van der Waals surface area (Å²) >= 11 is 0. The Bertz CT molecular complexity index is 899. The highest BCUT2D eigenvalue weighted by molar-refractivity contribution is 6.01. The number of hydrogen-bond donors (Lipinski definition) is 5. The molecule has 0 aromatic rings. The van der Waals surface area contributed by atoms with Crippen molar-refractivity contribution in [3.05, 3.63) is 23.8 Å². The van der Waals surface area contributed by atoms with Gasteiger partial charge in [-0.15, -0.1) is 0 Å². The topological polar surface area (TPSA) is 158 Å². The summed E-state index contributed by atoms with van der Waals surface area (Å²) in [6.07, 6.45) is 1.93. The number of rotatable bonds is 2. The largest absolute Gasteiger partial charge is 0.390 e. The van der Waals surface area contributed by atoms with Crippen LogP contribution in [0.4, 0.5) is 4.39 Å². The third kappa shape index (κ3) is 3.05. The van der Waals surface area contributed by atoms with Gasteiger partial charge in [-0.1, -0.05) is 18.6 Å². The number of fused-ring (bicyclic) bond motifs is 5. The number of aliphatic hydroxyl groups is 4. The number of allylic oxidation sites excluding steroid dienone is 4. The van der Waals surface area contributed by atoms with Crippen molar-refractivity contribution in [3.63, 3.8) is 0 Å². The number of halogens is 1. The average Bonchev–Trinajstić information content (AvgIpc) is 2.90. The molecule has 0 aromatic heterocycles. The first-order valence-corrected chi connectivity index (χ1v) is 10.8. The monoisotopic (exact) mass is 453 g/mol. The normalized spacial score (nSPS) is 46.8. The van der Waals surface area contributed by atoms with Crippen LogP contribution in [-0.4, -0.2) is 68.0 Å². The molecule has 4 rings (SSSR count). The first-order valence-electron chi connectivity index (χ1n) is 10.8. The van der Waals surface area contributed by atoms with Crippen LogP contribution in [0.5, 0.6) is 0 Å². The molecule has 0 bridgehead atoms. The zero-order valence-corrected chi connectivity index (χ0v) is 18.5. The van der Waals surface area contributed by atoms with Gasteiger partial charge in [0, 0.05) is 23.7 Å². The Balaban J connectivity index is 0.000000668. The van der Waals surface area contributed by atoms with Crippen molar-refractivity contribution in [2.75, 3.05) is 6.61 Å². The summed E-state index contributed by atoms with van der Waals surface area (Å²) in [5, 5.41) is 42.1. The summed E-state index contributed by atoms with van der Waals surface area (Å²) in [7, 11) is 0. The number of carbonyl (C=O) groups is 3. The molecule has 8 nitrogen and oxygen atoms in total. The van der Waals surface area contributed by atoms with E-state index in [9.17, 15) is 34.8 Å². The molecule has 6 N–H and O–H groups in total. The van der Waals surface area contributed by atoms with Crippen LogP contribution in [0.25, 0.3) is 0 Å². The summed E-state index contributed by atoms with van der Waals surface area (Å²) in [6, 6.07) is 0. The molecule has 0 unspecified atom stereocenters. The first kappa shape index (κ1) is 24.7. The van der Waals surface area contributed by atoms with Crippen molar-refractivity contribution in [2.24, 2.45) is 28.4 Å². The maximum absolute atomic E-state index is 16.8. The molecule has 4 aliphatic rings. The van der Waals surface area contributed by atoms with Gasteiger partial charge in [-0.3, -0.25) is 14.4 Å². The SMILES string of the molecule is CC(N)=O.C[C@]12C=CC(=O)C=C1CC[C@H]1[C@@H]3C[C@@H](O)[C@](O)(C(=O)CO)[C@@]3(C)C[C@H](O)[C@@]12F. The first-order chi connectivity index (χ1) is 14.7. The number of aliphatic hydroxyl groups excluding tert-OH is 3. The Kier molecular flexibility index (Phi) is 6.04. The molecule has 0 aromatic carbocycles. The molecule has 0 saturated heterocycles. The third-order valence-corrected chi connectivity index (χ3v) is 8.43. The Morgan fingerprint density at radius 3 is 2.38 bits per heavy atom. The molecule has 32 heavy (non-hydrogen) atoms. The molecular formula is C23H32FNO7. The van der Waals surface area contributed by atoms with E-state index in [1.165, 1.54) is 25.2 Å². The number of hydrogen-bond acceptors (Lipinski definition) is 7. The Morgan fingerprint density at radius 2 is 1.81 bits per heavy atom. The molecule has 0 spiro atoms. The number of carbonyl (C=O) groups excluding carboxylic acids is 3. The zero-order valence-electron chi connectivity index (χ0n) is 18.5. The molecule has 3 fully saturated rings. The second-order valence-corrected chi connectivity index (χ2v) is 9.97. The quantitative estimate of drug-likeness (QED) is 0.397. The summed E-state index contributed by atoms with van der Waals surface area (Å²) in [5.41, 5.74) is -1.65. The zero-order chi connectivity index (χ0) is 24.3. The highest BCUT2D eigenvalue weighted by atomic mass is 19.1. The van der Waals surface area contributed by atoms with Gasteiger partial charge in [0.15, 0.2) is 22.8 Å². The van der Waals surface area contributed by atoms with Crippen LogP contribution < -0.4 is 5.73 Å². The van der Waals surface area contributed by atoms with Crippen LogP contribution in [0.2, 0.25) is 0 Å². The third-order valence-electron chi connectivity index (χ3n) is 8.43. The number of nitrogens with two attached hydrogens (primary N) is 1. The van der Waals surface area contributed by atoms with E-state index in [1.54, 1.807) is 13.8 Å². The summed E-state index contributed by atoms with van der Waals surface area (Å²) in [4.78, 5) is 33.4. The van der Waals surface area contributed by atoms with E-state index >= 15 is 4.39 Å². The molecule has 0 heterocycles. The second kappa shape index (κ2) is 7.83. The fourth-order valence-corrected chi connectivity index (χ4v) is 6.85. The van der Waals surface area contributed by atoms with Gasteiger partial charge in [0.05, 0.1) is 12.2 Å². The van der Waals surface area contributed by atoms with Gasteiger partial charge in [0.1, 0.15) is 6.61 Å². The van der Waals surface area contributed by atoms with Crippen molar-refractivity contribution in [1.82, 2.24) is 0 Å². The molecule has 1 amide bonds. The predicted octanol–water partition coefficient (Wildman–Crippen LogP) is 0.112. The van der Waals surface area contributed by atoms with Gasteiger partial charge in [0.2, 0.25) is 5.91 Å². The van der Waals surface area contributed by atoms with Crippen molar-refractivity contribution < 1.29 is 39.2 Å². The van der Waals surface area contributed by atoms with Gasteiger partial charge in [-0.05, 0) is 50.7 Å². The highest BCUT2D eigenvalue weighted by Crippen LogP contribution is 2.69. The van der Waals surface area contributed by atoms with Crippen molar-refractivity contribution in [2.45, 2.75) is 69.9 Å². The fourth-order valence-electron chi connectivity index (χ4n) is 6.85. The number of amides is 1. The fraction of sp³-hybridized carbons (Fsp3) is 0.696. The summed E-state index contributed by atoms with van der Waals surface area (Å²) in [6.45, 7) is 3.64. The lowest BCUT2D eigenvalue weighted by Gasteiger charge is -2.62. The van der Waals surface area contributed by atoms with Gasteiger partial charge in [0.25, 0.3) is 0 Å². The van der Waals surface area contributed by atoms with E-state index in [-0.39, 0.29) is 24.5 Å². The van der Waals surface area contributed by atoms with Crippen LogP contribution in [0.3, 0.4) is 0 Å². The standard InChI is InChI=1S/C21H27FO6.C2H5NO/c1-18-6-5-12(24)7-11(18)3-4-13-14-8-15(25)21(28,17(27)10-23)19(14,2)9-16(26)20(13,18)22;1-2(3)4/h5-7,13-16,23,25-26,28H,3-4,8-10H2,1-2H3;1H3,(H2,3,4)/t13-,14-,15+,16-,18-,19-,20-,21-;/m0./s1. The molecule has 4 aliphatic carbocycles. The summed E-state index contributed by atoms with van der Waals surface area (Å²) in [5.74, 6) is -2.71. The smallest absolute Gasteiger partial charge is 0.214 e. The lowest BCUT2D eigenvalue weighted by atomic mass is 9.44. The average molecular weight is 454 g/mol. The minimum Gasteiger partial charge on any atom is -0.390 e. The number of alkyl halides is 1. The van der Waals surface area contributed by atoms with Crippen LogP contribution in [-0.2, 0) is 14.4 Å². The molecule has 3 saturated carbocycles. The van der Waals surface area contributed by atoms with Crippen LogP contribution in [0.15, 0.2) is 23.8 Å². The van der Waals surface area contributed by atoms with Gasteiger partial charge in [-0.25, -0.2) is 4.39 Å². The maximum Gasteiger partial charge on any atom is 0.214 e. The van der Waals surface area contributed by atoms with Crippen molar-refractivity contribution in [1.29, 1.82) is 0 Å². The van der Waals surface area contributed by atoms with Crippen molar-refractivity contribution in [3.8, 4) is 0 Å². The number of primary amides is 1. The van der Waals surface area contributed by atoms with Crippen LogP contribution in [0.1, 0.15) is 46.5 Å². The minimum absolute atomic E-state index is 0.0135. The van der Waals surface area contributed by atoms with E-state index in [0.29, 0.717) is 18.4 Å². The van der Waals surface area contributed by atoms with Gasteiger partial charge in [-0.2, -0.15) is 0 Å². The van der Waals surface area contributed by atoms with Crippen molar-refractivity contribution >= 4 is 17.5 Å². The summed E-state index contributed by atoms with van der Waals surface area (Å²) < 4.78 is 16.8. The molecule has 8 atom stereocenters. The molecule has 0 aliphatic heterocycles. The van der Waals surface area contributed by atoms with Gasteiger partial charge >= 0.3 is 0 Å².